The van der Waals surface area contributed by atoms with Crippen LogP contribution >= 0.6 is 11.8 Å². The first kappa shape index (κ1) is 22.7. The van der Waals surface area contributed by atoms with Crippen LogP contribution in [0.1, 0.15) is 30.9 Å². The number of nitrogens with one attached hydrogen (secondary N) is 2. The Morgan fingerprint density at radius 3 is 2.94 bits per heavy atom. The number of fused-ring (bicyclic) bond motifs is 1. The maximum absolute atomic E-state index is 12.9. The number of H-pyrrole nitrogens is 1. The monoisotopic (exact) mass is 475 g/mol. The van der Waals surface area contributed by atoms with Crippen molar-refractivity contribution in [3.05, 3.63) is 59.8 Å². The van der Waals surface area contributed by atoms with Gasteiger partial charge in [-0.1, -0.05) is 55.1 Å². The van der Waals surface area contributed by atoms with Gasteiger partial charge in [-0.05, 0) is 43.4 Å². The van der Waals surface area contributed by atoms with Crippen LogP contribution in [0.4, 0.5) is 5.69 Å². The van der Waals surface area contributed by atoms with Crippen molar-refractivity contribution in [2.24, 2.45) is 0 Å². The van der Waals surface area contributed by atoms with E-state index in [9.17, 15) is 4.79 Å². The Balaban J connectivity index is 1.39. The fourth-order valence-electron chi connectivity index (χ4n) is 4.52. The van der Waals surface area contributed by atoms with E-state index in [2.05, 4.69) is 50.2 Å². The van der Waals surface area contributed by atoms with Crippen molar-refractivity contribution in [3.8, 4) is 11.4 Å². The Kier molecular flexibility index (Phi) is 6.69. The fourth-order valence-corrected chi connectivity index (χ4v) is 5.26. The highest BCUT2D eigenvalue weighted by atomic mass is 32.2. The Labute approximate surface area is 203 Å². The molecule has 8 heteroatoms. The summed E-state index contributed by atoms with van der Waals surface area (Å²) in [6.45, 7) is 5.58. The van der Waals surface area contributed by atoms with Gasteiger partial charge in [-0.3, -0.25) is 9.36 Å². The molecular formula is C26H29N5O2S. The summed E-state index contributed by atoms with van der Waals surface area (Å²) in [5.41, 5.74) is 5.19. The molecule has 1 fully saturated rings. The van der Waals surface area contributed by atoms with Gasteiger partial charge in [0.2, 0.25) is 5.91 Å². The van der Waals surface area contributed by atoms with E-state index in [0.717, 1.165) is 70.1 Å². The summed E-state index contributed by atoms with van der Waals surface area (Å²) in [7, 11) is 0. The van der Waals surface area contributed by atoms with Gasteiger partial charge in [-0.15, -0.1) is 10.2 Å². The van der Waals surface area contributed by atoms with Gasteiger partial charge in [0.15, 0.2) is 11.0 Å². The molecule has 0 bridgehead atoms. The molecule has 34 heavy (non-hydrogen) atoms. The van der Waals surface area contributed by atoms with Gasteiger partial charge < -0.3 is 15.0 Å². The van der Waals surface area contributed by atoms with Gasteiger partial charge in [0.05, 0.1) is 18.4 Å². The molecule has 1 amide bonds. The highest BCUT2D eigenvalue weighted by molar-refractivity contribution is 7.99. The molecule has 176 valence electrons. The molecule has 2 aromatic carbocycles. The minimum atomic E-state index is -0.0469. The molecule has 5 rings (SSSR count). The molecule has 1 atom stereocenters. The van der Waals surface area contributed by atoms with Crippen LogP contribution in [-0.2, 0) is 22.5 Å². The SMILES string of the molecule is CCc1cccc(C)c1NC(=O)CSc1nnc(-c2c[nH]c3ccccc23)n1CC1CCCO1. The normalized spacial score (nSPS) is 15.8. The van der Waals surface area contributed by atoms with Gasteiger partial charge in [-0.25, -0.2) is 0 Å². The van der Waals surface area contributed by atoms with Gasteiger partial charge in [-0.2, -0.15) is 0 Å². The molecule has 1 aliphatic heterocycles. The van der Waals surface area contributed by atoms with Crippen LogP contribution in [0.25, 0.3) is 22.3 Å². The van der Waals surface area contributed by atoms with Crippen LogP contribution in [0.2, 0.25) is 0 Å². The Bertz CT molecular complexity index is 1310. The van der Waals surface area contributed by atoms with E-state index in [-0.39, 0.29) is 17.8 Å². The molecule has 3 heterocycles. The number of ether oxygens (including phenoxy) is 1. The summed E-state index contributed by atoms with van der Waals surface area (Å²) in [6, 6.07) is 14.3. The largest absolute Gasteiger partial charge is 0.376 e. The molecule has 1 unspecified atom stereocenters. The number of rotatable bonds is 8. The second kappa shape index (κ2) is 10.0. The predicted octanol–water partition coefficient (Wildman–Crippen LogP) is 5.21. The van der Waals surface area contributed by atoms with Crippen LogP contribution in [-0.4, -0.2) is 44.1 Å². The van der Waals surface area contributed by atoms with E-state index in [1.54, 1.807) is 0 Å². The number of carbonyl (C=O) groups is 1. The molecule has 7 nitrogen and oxygen atoms in total. The van der Waals surface area contributed by atoms with Gasteiger partial charge >= 0.3 is 0 Å². The number of amides is 1. The molecule has 2 aromatic heterocycles. The molecule has 0 spiro atoms. The van der Waals surface area contributed by atoms with Gasteiger partial charge in [0.25, 0.3) is 0 Å². The fraction of sp³-hybridized carbons (Fsp3) is 0.346. The van der Waals surface area contributed by atoms with Crippen molar-refractivity contribution < 1.29 is 9.53 Å². The number of thioether (sulfide) groups is 1. The van der Waals surface area contributed by atoms with Gasteiger partial charge in [0, 0.05) is 35.0 Å². The molecular weight excluding hydrogens is 446 g/mol. The smallest absolute Gasteiger partial charge is 0.234 e. The average Bonchev–Trinajstić information content (AvgIpc) is 3.59. The lowest BCUT2D eigenvalue weighted by Gasteiger charge is -2.15. The van der Waals surface area contributed by atoms with Gasteiger partial charge in [0.1, 0.15) is 0 Å². The number of aromatic nitrogens is 4. The first-order chi connectivity index (χ1) is 16.6. The molecule has 0 radical (unpaired) electrons. The zero-order valence-corrected chi connectivity index (χ0v) is 20.3. The zero-order valence-electron chi connectivity index (χ0n) is 19.5. The minimum Gasteiger partial charge on any atom is -0.376 e. The number of hydrogen-bond donors (Lipinski definition) is 2. The predicted molar refractivity (Wildman–Crippen MR) is 136 cm³/mol. The van der Waals surface area contributed by atoms with Crippen molar-refractivity contribution >= 4 is 34.3 Å². The van der Waals surface area contributed by atoms with Crippen LogP contribution in [0.5, 0.6) is 0 Å². The zero-order chi connectivity index (χ0) is 23.5. The average molecular weight is 476 g/mol. The topological polar surface area (TPSA) is 84.8 Å². The van der Waals surface area contributed by atoms with E-state index >= 15 is 0 Å². The summed E-state index contributed by atoms with van der Waals surface area (Å²) < 4.78 is 8.02. The van der Waals surface area contributed by atoms with Crippen LogP contribution < -0.4 is 5.32 Å². The first-order valence-corrected chi connectivity index (χ1v) is 12.7. The number of aromatic amines is 1. The number of nitrogens with zero attached hydrogens (tertiary/aromatic N) is 3. The lowest BCUT2D eigenvalue weighted by molar-refractivity contribution is -0.113. The molecule has 1 aliphatic rings. The molecule has 1 saturated heterocycles. The third kappa shape index (κ3) is 4.60. The standard InChI is InChI=1S/C26H29N5O2S/c1-3-18-9-6-8-17(2)24(18)28-23(32)16-34-26-30-29-25(31(26)15-19-10-7-13-33-19)21-14-27-22-12-5-4-11-20(21)22/h4-6,8-9,11-12,14,19,27H,3,7,10,13,15-16H2,1-2H3,(H,28,32). The van der Waals surface area contributed by atoms with Crippen LogP contribution in [0.3, 0.4) is 0 Å². The molecule has 0 aliphatic carbocycles. The van der Waals surface area contributed by atoms with Crippen molar-refractivity contribution in [2.45, 2.75) is 50.9 Å². The maximum Gasteiger partial charge on any atom is 0.234 e. The van der Waals surface area contributed by atoms with Crippen LogP contribution in [0, 0.1) is 6.92 Å². The lowest BCUT2D eigenvalue weighted by Crippen LogP contribution is -2.19. The number of anilines is 1. The van der Waals surface area contributed by atoms with E-state index < -0.39 is 0 Å². The third-order valence-electron chi connectivity index (χ3n) is 6.29. The van der Waals surface area contributed by atoms with E-state index in [4.69, 9.17) is 4.74 Å². The first-order valence-electron chi connectivity index (χ1n) is 11.8. The number of benzene rings is 2. The second-order valence-electron chi connectivity index (χ2n) is 8.60. The van der Waals surface area contributed by atoms with E-state index in [0.29, 0.717) is 6.54 Å². The minimum absolute atomic E-state index is 0.0469. The second-order valence-corrected chi connectivity index (χ2v) is 9.54. The molecule has 0 saturated carbocycles. The van der Waals surface area contributed by atoms with E-state index in [1.807, 2.05) is 37.4 Å². The van der Waals surface area contributed by atoms with E-state index in [1.165, 1.54) is 11.8 Å². The number of para-hydroxylation sites is 2. The maximum atomic E-state index is 12.9. The van der Waals surface area contributed by atoms with Crippen molar-refractivity contribution in [2.75, 3.05) is 17.7 Å². The Morgan fingerprint density at radius 2 is 2.12 bits per heavy atom. The lowest BCUT2D eigenvalue weighted by atomic mass is 10.1. The van der Waals surface area contributed by atoms with Crippen molar-refractivity contribution in [1.82, 2.24) is 19.7 Å². The molecule has 2 N–H and O–H groups in total. The Hall–Kier alpha value is -3.10. The number of carbonyl (C=O) groups excluding carboxylic acids is 1. The summed E-state index contributed by atoms with van der Waals surface area (Å²) in [4.78, 5) is 16.2. The quantitative estimate of drug-likeness (QED) is 0.342. The number of aryl methyl sites for hydroxylation is 2. The summed E-state index contributed by atoms with van der Waals surface area (Å²) in [5, 5.41) is 14.0. The highest BCUT2D eigenvalue weighted by Crippen LogP contribution is 2.31. The van der Waals surface area contributed by atoms with Crippen LogP contribution in [0.15, 0.2) is 53.8 Å². The third-order valence-corrected chi connectivity index (χ3v) is 7.26. The Morgan fingerprint density at radius 1 is 1.24 bits per heavy atom. The summed E-state index contributed by atoms with van der Waals surface area (Å²) in [6.07, 6.45) is 5.06. The van der Waals surface area contributed by atoms with Crippen molar-refractivity contribution in [1.29, 1.82) is 0 Å². The molecule has 4 aromatic rings. The summed E-state index contributed by atoms with van der Waals surface area (Å²) in [5.74, 6) is 1.01. The number of hydrogen-bond acceptors (Lipinski definition) is 5. The summed E-state index contributed by atoms with van der Waals surface area (Å²) >= 11 is 1.41. The highest BCUT2D eigenvalue weighted by Gasteiger charge is 2.23. The van der Waals surface area contributed by atoms with Crippen molar-refractivity contribution in [3.63, 3.8) is 0 Å².